The Bertz CT molecular complexity index is 1830. The van der Waals surface area contributed by atoms with E-state index in [2.05, 4.69) is 5.32 Å². The van der Waals surface area contributed by atoms with Crippen LogP contribution in [0.4, 0.5) is 5.69 Å². The van der Waals surface area contributed by atoms with Gasteiger partial charge in [0.25, 0.3) is 10.0 Å². The number of rotatable bonds is 13. The van der Waals surface area contributed by atoms with Gasteiger partial charge in [-0.1, -0.05) is 77.8 Å². The lowest BCUT2D eigenvalue weighted by molar-refractivity contribution is -0.140. The van der Waals surface area contributed by atoms with Crippen LogP contribution < -0.4 is 19.1 Å². The number of carbonyl (C=O) groups excluding carboxylic acids is 2. The van der Waals surface area contributed by atoms with Gasteiger partial charge in [0.2, 0.25) is 11.8 Å². The second-order valence-electron chi connectivity index (χ2n) is 12.1. The Morgan fingerprint density at radius 1 is 0.792 bits per heavy atom. The Morgan fingerprint density at radius 2 is 1.42 bits per heavy atom. The lowest BCUT2D eigenvalue weighted by Crippen LogP contribution is -2.56. The minimum absolute atomic E-state index is 0.0186. The lowest BCUT2D eigenvalue weighted by Gasteiger charge is -2.35. The second-order valence-corrected chi connectivity index (χ2v) is 14.8. The van der Waals surface area contributed by atoms with Crippen molar-refractivity contribution in [2.45, 2.75) is 50.2 Å². The van der Waals surface area contributed by atoms with E-state index >= 15 is 0 Å². The van der Waals surface area contributed by atoms with E-state index in [1.54, 1.807) is 42.5 Å². The Hall–Kier alpha value is -4.25. The van der Waals surface area contributed by atoms with Gasteiger partial charge in [0, 0.05) is 24.6 Å². The number of nitrogens with one attached hydrogen (secondary N) is 1. The molecule has 0 aliphatic rings. The molecule has 0 saturated heterocycles. The van der Waals surface area contributed by atoms with Crippen molar-refractivity contribution >= 4 is 50.7 Å². The normalized spacial score (nSPS) is 12.1. The van der Waals surface area contributed by atoms with Crippen LogP contribution in [0.2, 0.25) is 10.0 Å². The molecule has 4 aromatic rings. The predicted molar refractivity (Wildman–Crippen MR) is 189 cm³/mol. The first-order chi connectivity index (χ1) is 22.7. The van der Waals surface area contributed by atoms with Crippen molar-refractivity contribution in [3.05, 3.63) is 118 Å². The molecule has 0 aromatic heterocycles. The Morgan fingerprint density at radius 3 is 2.00 bits per heavy atom. The summed E-state index contributed by atoms with van der Waals surface area (Å²) in [7, 11) is -1.39. The molecule has 0 radical (unpaired) electrons. The number of hydrogen-bond donors (Lipinski definition) is 1. The number of halogens is 2. The van der Waals surface area contributed by atoms with Crippen LogP contribution in [0.5, 0.6) is 11.5 Å². The van der Waals surface area contributed by atoms with Crippen molar-refractivity contribution in [1.29, 1.82) is 0 Å². The third-order valence-electron chi connectivity index (χ3n) is 7.37. The minimum Gasteiger partial charge on any atom is -0.493 e. The average Bonchev–Trinajstić information content (AvgIpc) is 3.06. The molecule has 254 valence electrons. The number of methoxy groups -OCH3 is 2. The molecule has 2 amide bonds. The fraction of sp³-hybridized carbons (Fsp3) is 0.278. The summed E-state index contributed by atoms with van der Waals surface area (Å²) in [4.78, 5) is 30.1. The highest BCUT2D eigenvalue weighted by Crippen LogP contribution is 2.34. The zero-order valence-corrected chi connectivity index (χ0v) is 29.8. The van der Waals surface area contributed by atoms with Gasteiger partial charge in [0.1, 0.15) is 12.6 Å². The largest absolute Gasteiger partial charge is 0.493 e. The topological polar surface area (TPSA) is 105 Å². The van der Waals surface area contributed by atoms with Crippen LogP contribution in [0, 0.1) is 0 Å². The molecular weight excluding hydrogens is 673 g/mol. The fourth-order valence-corrected chi connectivity index (χ4v) is 6.82. The third kappa shape index (κ3) is 9.21. The van der Waals surface area contributed by atoms with E-state index in [-0.39, 0.29) is 34.3 Å². The van der Waals surface area contributed by atoms with Crippen molar-refractivity contribution in [2.75, 3.05) is 25.1 Å². The summed E-state index contributed by atoms with van der Waals surface area (Å²) in [5.74, 6) is -0.369. The van der Waals surface area contributed by atoms with Crippen molar-refractivity contribution < 1.29 is 27.5 Å². The first-order valence-electron chi connectivity index (χ1n) is 15.1. The van der Waals surface area contributed by atoms with Crippen LogP contribution in [-0.2, 0) is 32.6 Å². The molecule has 48 heavy (non-hydrogen) atoms. The highest BCUT2D eigenvalue weighted by atomic mass is 35.5. The summed E-state index contributed by atoms with van der Waals surface area (Å²) >= 11 is 12.6. The van der Waals surface area contributed by atoms with Crippen LogP contribution in [-0.4, -0.2) is 57.5 Å². The number of ether oxygens (including phenoxy) is 2. The van der Waals surface area contributed by atoms with Crippen molar-refractivity contribution in [1.82, 2.24) is 10.2 Å². The zero-order valence-electron chi connectivity index (χ0n) is 27.4. The standard InChI is InChI=1S/C36H39Cl2N3O6S/c1-36(2,3)39-35(43)31(21-25-12-8-6-9-13-25)40(23-26-16-18-29(37)30(38)20-26)34(42)24-41(48(44,45)28-14-10-7-11-15-28)27-17-19-32(46-4)33(22-27)47-5/h6-20,22,31H,21,23-24H2,1-5H3,(H,39,43)/t31-/m1/s1. The maximum Gasteiger partial charge on any atom is 0.264 e. The fourth-order valence-electron chi connectivity index (χ4n) is 5.07. The summed E-state index contributed by atoms with van der Waals surface area (Å²) in [6, 6.07) is 25.6. The van der Waals surface area contributed by atoms with E-state index in [9.17, 15) is 18.0 Å². The first-order valence-corrected chi connectivity index (χ1v) is 17.3. The summed E-state index contributed by atoms with van der Waals surface area (Å²) in [6.45, 7) is 4.85. The van der Waals surface area contributed by atoms with Gasteiger partial charge in [-0.15, -0.1) is 0 Å². The summed E-state index contributed by atoms with van der Waals surface area (Å²) in [5.41, 5.74) is 0.959. The van der Waals surface area contributed by atoms with Crippen LogP contribution in [0.3, 0.4) is 0 Å². The van der Waals surface area contributed by atoms with Gasteiger partial charge in [-0.25, -0.2) is 8.42 Å². The van der Waals surface area contributed by atoms with E-state index in [4.69, 9.17) is 32.7 Å². The molecule has 4 rings (SSSR count). The molecule has 0 aliphatic carbocycles. The van der Waals surface area contributed by atoms with Crippen molar-refractivity contribution in [2.24, 2.45) is 0 Å². The maximum atomic E-state index is 14.7. The zero-order chi connectivity index (χ0) is 35.1. The molecular formula is C36H39Cl2N3O6S. The molecule has 0 fully saturated rings. The van der Waals surface area contributed by atoms with Crippen LogP contribution >= 0.6 is 23.2 Å². The average molecular weight is 713 g/mol. The van der Waals surface area contributed by atoms with Gasteiger partial charge in [-0.05, 0) is 68.3 Å². The molecule has 0 spiro atoms. The Balaban J connectivity index is 1.86. The predicted octanol–water partition coefficient (Wildman–Crippen LogP) is 6.76. The number of nitrogens with zero attached hydrogens (tertiary/aromatic N) is 2. The quantitative estimate of drug-likeness (QED) is 0.164. The van der Waals surface area contributed by atoms with Gasteiger partial charge in [-0.2, -0.15) is 0 Å². The van der Waals surface area contributed by atoms with Crippen LogP contribution in [0.1, 0.15) is 31.9 Å². The molecule has 0 heterocycles. The van der Waals surface area contributed by atoms with E-state index < -0.39 is 40.0 Å². The molecule has 0 aliphatic heterocycles. The smallest absolute Gasteiger partial charge is 0.264 e. The monoisotopic (exact) mass is 711 g/mol. The van der Waals surface area contributed by atoms with Gasteiger partial charge in [0.05, 0.1) is 34.8 Å². The van der Waals surface area contributed by atoms with Gasteiger partial charge in [-0.3, -0.25) is 13.9 Å². The minimum atomic E-state index is -4.30. The summed E-state index contributed by atoms with van der Waals surface area (Å²) < 4.78 is 40.3. The van der Waals surface area contributed by atoms with Gasteiger partial charge < -0.3 is 19.7 Å². The highest BCUT2D eigenvalue weighted by Gasteiger charge is 2.36. The Labute approximate surface area is 292 Å². The number of benzene rings is 4. The van der Waals surface area contributed by atoms with Gasteiger partial charge >= 0.3 is 0 Å². The lowest BCUT2D eigenvalue weighted by atomic mass is 10.0. The molecule has 12 heteroatoms. The number of anilines is 1. The number of carbonyl (C=O) groups is 2. The molecule has 0 saturated carbocycles. The number of hydrogen-bond acceptors (Lipinski definition) is 6. The molecule has 0 bridgehead atoms. The number of sulfonamides is 1. The van der Waals surface area contributed by atoms with E-state index in [1.165, 1.54) is 43.4 Å². The maximum absolute atomic E-state index is 14.7. The van der Waals surface area contributed by atoms with Crippen molar-refractivity contribution in [3.63, 3.8) is 0 Å². The number of amides is 2. The van der Waals surface area contributed by atoms with E-state index in [0.717, 1.165) is 9.87 Å². The molecule has 9 nitrogen and oxygen atoms in total. The van der Waals surface area contributed by atoms with Crippen LogP contribution in [0.25, 0.3) is 0 Å². The third-order valence-corrected chi connectivity index (χ3v) is 9.90. The summed E-state index contributed by atoms with van der Waals surface area (Å²) in [5, 5.41) is 3.62. The molecule has 1 atom stereocenters. The van der Waals surface area contributed by atoms with Gasteiger partial charge in [0.15, 0.2) is 11.5 Å². The SMILES string of the molecule is COc1ccc(N(CC(=O)N(Cc2ccc(Cl)c(Cl)c2)[C@H](Cc2ccccc2)C(=O)NC(C)(C)C)S(=O)(=O)c2ccccc2)cc1OC. The molecule has 1 N–H and O–H groups in total. The molecule has 4 aromatic carbocycles. The molecule has 0 unspecified atom stereocenters. The summed E-state index contributed by atoms with van der Waals surface area (Å²) in [6.07, 6.45) is 0.164. The Kier molecular flexibility index (Phi) is 12.0. The van der Waals surface area contributed by atoms with Crippen LogP contribution in [0.15, 0.2) is 102 Å². The van der Waals surface area contributed by atoms with Crippen molar-refractivity contribution in [3.8, 4) is 11.5 Å². The van der Waals surface area contributed by atoms with E-state index in [1.807, 2.05) is 51.1 Å². The van der Waals surface area contributed by atoms with E-state index in [0.29, 0.717) is 16.3 Å². The highest BCUT2D eigenvalue weighted by molar-refractivity contribution is 7.92. The first kappa shape index (κ1) is 36.6. The second kappa shape index (κ2) is 15.8.